The molecule has 0 spiro atoms. The van der Waals surface area contributed by atoms with Crippen LogP contribution in [0.5, 0.6) is 5.75 Å². The Hall–Kier alpha value is -2.43. The summed E-state index contributed by atoms with van der Waals surface area (Å²) in [5.41, 5.74) is 1.36. The minimum Gasteiger partial charge on any atom is -0.439 e. The maximum Gasteiger partial charge on any atom is 0.297 e. The molecule has 0 saturated carbocycles. The van der Waals surface area contributed by atoms with E-state index in [0.717, 1.165) is 10.6 Å². The highest BCUT2D eigenvalue weighted by Crippen LogP contribution is 2.38. The first-order valence-electron chi connectivity index (χ1n) is 7.59. The van der Waals surface area contributed by atoms with Crippen LogP contribution in [0.4, 0.5) is 5.69 Å². The van der Waals surface area contributed by atoms with Crippen LogP contribution >= 0.6 is 12.2 Å². The average molecular weight is 396 g/mol. The number of carbonyl (C=O) groups is 1. The summed E-state index contributed by atoms with van der Waals surface area (Å²) in [6, 6.07) is 7.48. The molecule has 1 saturated heterocycles. The summed E-state index contributed by atoms with van der Waals surface area (Å²) in [5, 5.41) is -0.157. The first-order chi connectivity index (χ1) is 12.2. The molecule has 0 bridgehead atoms. The Labute approximate surface area is 156 Å². The van der Waals surface area contributed by atoms with Crippen molar-refractivity contribution in [1.82, 2.24) is 4.90 Å². The van der Waals surface area contributed by atoms with Gasteiger partial charge >= 0.3 is 0 Å². The van der Waals surface area contributed by atoms with Crippen molar-refractivity contribution in [3.63, 3.8) is 0 Å². The highest BCUT2D eigenvalue weighted by molar-refractivity contribution is 7.85. The maximum atomic E-state index is 12.4. The third-order valence-electron chi connectivity index (χ3n) is 3.89. The van der Waals surface area contributed by atoms with Gasteiger partial charge in [0.05, 0.1) is 11.4 Å². The summed E-state index contributed by atoms with van der Waals surface area (Å²) in [5.74, 6) is 0.00599. The summed E-state index contributed by atoms with van der Waals surface area (Å²) < 4.78 is 41.7. The first-order valence-corrected chi connectivity index (χ1v) is 9.61. The number of ether oxygens (including phenoxy) is 2. The summed E-state index contributed by atoms with van der Waals surface area (Å²) in [7, 11) is -2.39. The number of nitrogens with zero attached hydrogens (tertiary/aromatic N) is 2. The number of hydrogen-bond acceptors (Lipinski definition) is 7. The fraction of sp³-hybridized carbons (Fsp3) is 0.250. The van der Waals surface area contributed by atoms with E-state index in [0.29, 0.717) is 17.2 Å². The SMILES string of the molecule is CC(/C=C1/Oc2ccccc2N1C)=C1\OC(=S)N(CCS(=O)(=O)O)C1=O. The van der Waals surface area contributed by atoms with E-state index in [4.69, 9.17) is 26.2 Å². The fourth-order valence-electron chi connectivity index (χ4n) is 2.54. The number of thiocarbonyl (C=S) groups is 1. The van der Waals surface area contributed by atoms with Crippen LogP contribution in [-0.2, 0) is 19.6 Å². The third kappa shape index (κ3) is 3.57. The van der Waals surface area contributed by atoms with Crippen LogP contribution in [0.1, 0.15) is 6.92 Å². The second kappa shape index (κ2) is 6.71. The number of amides is 1. The third-order valence-corrected chi connectivity index (χ3v) is 4.89. The highest BCUT2D eigenvalue weighted by Gasteiger charge is 2.35. The van der Waals surface area contributed by atoms with E-state index in [1.807, 2.05) is 36.2 Å². The van der Waals surface area contributed by atoms with Gasteiger partial charge in [-0.05, 0) is 31.3 Å². The van der Waals surface area contributed by atoms with E-state index in [-0.39, 0.29) is 17.5 Å². The van der Waals surface area contributed by atoms with Crippen molar-refractivity contribution < 1.29 is 27.2 Å². The molecule has 0 atom stereocenters. The lowest BCUT2D eigenvalue weighted by molar-refractivity contribution is -0.122. The number of anilines is 1. The molecule has 2 aliphatic rings. The van der Waals surface area contributed by atoms with Gasteiger partial charge in [-0.2, -0.15) is 8.42 Å². The smallest absolute Gasteiger partial charge is 0.297 e. The predicted octanol–water partition coefficient (Wildman–Crippen LogP) is 1.66. The van der Waals surface area contributed by atoms with Gasteiger partial charge in [0.1, 0.15) is 0 Å². The number of carbonyl (C=O) groups excluding carboxylic acids is 1. The molecule has 3 rings (SSSR count). The van der Waals surface area contributed by atoms with Crippen LogP contribution in [0.25, 0.3) is 0 Å². The minimum absolute atomic E-state index is 0.00852. The van der Waals surface area contributed by atoms with Crippen molar-refractivity contribution in [2.24, 2.45) is 0 Å². The lowest BCUT2D eigenvalue weighted by Crippen LogP contribution is -2.33. The number of hydrogen-bond donors (Lipinski definition) is 1. The van der Waals surface area contributed by atoms with Gasteiger partial charge in [0, 0.05) is 25.2 Å². The summed E-state index contributed by atoms with van der Waals surface area (Å²) in [6.45, 7) is 1.38. The molecule has 1 fully saturated rings. The van der Waals surface area contributed by atoms with Crippen LogP contribution < -0.4 is 9.64 Å². The predicted molar refractivity (Wildman–Crippen MR) is 98.1 cm³/mol. The van der Waals surface area contributed by atoms with Gasteiger partial charge < -0.3 is 14.4 Å². The largest absolute Gasteiger partial charge is 0.439 e. The van der Waals surface area contributed by atoms with E-state index in [9.17, 15) is 13.2 Å². The van der Waals surface area contributed by atoms with Gasteiger partial charge in [-0.1, -0.05) is 12.1 Å². The standard InChI is InChI=1S/C16H16N2O6S2/c1-10(9-13-17(2)11-5-3-4-6-12(11)23-13)14-15(19)18(16(25)24-14)7-8-26(20,21)22/h3-6,9H,7-8H2,1-2H3,(H,20,21,22)/b13-9+,14-10+. The molecule has 26 heavy (non-hydrogen) atoms. The van der Waals surface area contributed by atoms with Crippen molar-refractivity contribution in [2.75, 3.05) is 24.2 Å². The lowest BCUT2D eigenvalue weighted by Gasteiger charge is -2.11. The van der Waals surface area contributed by atoms with Crippen molar-refractivity contribution in [3.05, 3.63) is 47.6 Å². The molecular formula is C16H16N2O6S2. The number of benzene rings is 1. The van der Waals surface area contributed by atoms with Crippen LogP contribution in [0, 0.1) is 0 Å². The Morgan fingerprint density at radius 1 is 1.31 bits per heavy atom. The van der Waals surface area contributed by atoms with Crippen molar-refractivity contribution in [1.29, 1.82) is 0 Å². The topological polar surface area (TPSA) is 96.4 Å². The zero-order valence-corrected chi connectivity index (χ0v) is 15.6. The maximum absolute atomic E-state index is 12.4. The van der Waals surface area contributed by atoms with Crippen molar-refractivity contribution >= 4 is 39.1 Å². The van der Waals surface area contributed by atoms with Crippen LogP contribution in [0.3, 0.4) is 0 Å². The quantitative estimate of drug-likeness (QED) is 0.466. The Kier molecular flexibility index (Phi) is 4.74. The summed E-state index contributed by atoms with van der Waals surface area (Å²) >= 11 is 4.97. The van der Waals surface area contributed by atoms with Crippen LogP contribution in [-0.4, -0.2) is 48.3 Å². The van der Waals surface area contributed by atoms with Crippen LogP contribution in [0.15, 0.2) is 47.6 Å². The van der Waals surface area contributed by atoms with Gasteiger partial charge in [0.25, 0.3) is 21.2 Å². The van der Waals surface area contributed by atoms with Crippen molar-refractivity contribution in [3.8, 4) is 5.75 Å². The monoisotopic (exact) mass is 396 g/mol. The molecular weight excluding hydrogens is 380 g/mol. The molecule has 0 radical (unpaired) electrons. The second-order valence-corrected chi connectivity index (χ2v) is 7.66. The lowest BCUT2D eigenvalue weighted by atomic mass is 10.2. The normalized spacial score (nSPS) is 20.3. The molecule has 0 unspecified atom stereocenters. The number of fused-ring (bicyclic) bond motifs is 1. The van der Waals surface area contributed by atoms with Gasteiger partial charge in [-0.25, -0.2) is 0 Å². The molecule has 10 heteroatoms. The molecule has 1 aromatic carbocycles. The molecule has 1 aromatic rings. The van der Waals surface area contributed by atoms with E-state index in [2.05, 4.69) is 0 Å². The van der Waals surface area contributed by atoms with E-state index in [1.165, 1.54) is 0 Å². The van der Waals surface area contributed by atoms with Gasteiger partial charge in [0.15, 0.2) is 11.5 Å². The zero-order valence-electron chi connectivity index (χ0n) is 14.0. The minimum atomic E-state index is -4.22. The number of allylic oxidation sites excluding steroid dienone is 2. The molecule has 138 valence electrons. The van der Waals surface area contributed by atoms with E-state index >= 15 is 0 Å². The Balaban J connectivity index is 1.83. The molecule has 8 nitrogen and oxygen atoms in total. The summed E-state index contributed by atoms with van der Waals surface area (Å²) in [6.07, 6.45) is 1.64. The van der Waals surface area contributed by atoms with Crippen LogP contribution in [0.2, 0.25) is 0 Å². The highest BCUT2D eigenvalue weighted by atomic mass is 32.2. The fourth-order valence-corrected chi connectivity index (χ4v) is 3.21. The van der Waals surface area contributed by atoms with Gasteiger partial charge in [0.2, 0.25) is 5.88 Å². The van der Waals surface area contributed by atoms with E-state index < -0.39 is 21.8 Å². The Bertz CT molecular complexity index is 951. The first kappa shape index (κ1) is 18.4. The Morgan fingerprint density at radius 2 is 2.00 bits per heavy atom. The molecule has 2 heterocycles. The van der Waals surface area contributed by atoms with Crippen molar-refractivity contribution in [2.45, 2.75) is 6.92 Å². The van der Waals surface area contributed by atoms with Gasteiger partial charge in [-0.15, -0.1) is 0 Å². The molecule has 1 N–H and O–H groups in total. The molecule has 1 amide bonds. The molecule has 0 aromatic heterocycles. The average Bonchev–Trinajstić information content (AvgIpc) is 3.02. The number of para-hydroxylation sites is 2. The molecule has 2 aliphatic heterocycles. The summed E-state index contributed by atoms with van der Waals surface area (Å²) in [4.78, 5) is 15.3. The molecule has 0 aliphatic carbocycles. The number of rotatable bonds is 4. The Morgan fingerprint density at radius 3 is 2.65 bits per heavy atom. The van der Waals surface area contributed by atoms with Gasteiger partial charge in [-0.3, -0.25) is 14.2 Å². The second-order valence-electron chi connectivity index (χ2n) is 5.73. The zero-order chi connectivity index (χ0) is 19.1. The van der Waals surface area contributed by atoms with E-state index in [1.54, 1.807) is 13.0 Å².